The average molecular weight is 278 g/mol. The van der Waals surface area contributed by atoms with Gasteiger partial charge in [-0.2, -0.15) is 0 Å². The molecular formula is C12H14N4O2S. The lowest BCUT2D eigenvalue weighted by molar-refractivity contribution is -0.115. The Hall–Kier alpha value is -2.02. The number of carbonyl (C=O) groups is 1. The molecule has 0 atom stereocenters. The molecular weight excluding hydrogens is 264 g/mol. The zero-order chi connectivity index (χ0) is 13.8. The van der Waals surface area contributed by atoms with Crippen LogP contribution in [0.2, 0.25) is 0 Å². The number of hydrogen-bond donors (Lipinski definition) is 1. The molecule has 0 fully saturated rings. The van der Waals surface area contributed by atoms with Crippen molar-refractivity contribution in [2.45, 2.75) is 5.16 Å². The van der Waals surface area contributed by atoms with Crippen LogP contribution in [0.1, 0.15) is 0 Å². The zero-order valence-electron chi connectivity index (χ0n) is 10.7. The third kappa shape index (κ3) is 3.05. The Morgan fingerprint density at radius 3 is 2.63 bits per heavy atom. The highest BCUT2D eigenvalue weighted by atomic mass is 32.2. The minimum Gasteiger partial charge on any atom is -0.497 e. The Balaban J connectivity index is 2.22. The number of thioether (sulfide) groups is 1. The topological polar surface area (TPSA) is 83.0 Å². The van der Waals surface area contributed by atoms with Gasteiger partial charge in [0.1, 0.15) is 5.75 Å². The van der Waals surface area contributed by atoms with E-state index in [4.69, 9.17) is 10.5 Å². The lowest BCUT2D eigenvalue weighted by Gasteiger charge is -2.04. The van der Waals surface area contributed by atoms with Gasteiger partial charge >= 0.3 is 0 Å². The molecule has 0 radical (unpaired) electrons. The van der Waals surface area contributed by atoms with Gasteiger partial charge in [0.15, 0.2) is 11.0 Å². The maximum absolute atomic E-state index is 10.8. The van der Waals surface area contributed by atoms with Crippen LogP contribution in [0.25, 0.3) is 11.4 Å². The van der Waals surface area contributed by atoms with Crippen LogP contribution in [0.5, 0.6) is 5.75 Å². The number of rotatable bonds is 5. The van der Waals surface area contributed by atoms with Crippen LogP contribution in [0.15, 0.2) is 29.4 Å². The van der Waals surface area contributed by atoms with Crippen LogP contribution >= 0.6 is 11.8 Å². The van der Waals surface area contributed by atoms with Gasteiger partial charge in [-0.3, -0.25) is 4.79 Å². The third-order valence-electron chi connectivity index (χ3n) is 2.53. The molecule has 0 bridgehead atoms. The Morgan fingerprint density at radius 1 is 1.37 bits per heavy atom. The van der Waals surface area contributed by atoms with E-state index in [0.29, 0.717) is 5.16 Å². The summed E-state index contributed by atoms with van der Waals surface area (Å²) in [7, 11) is 3.47. The van der Waals surface area contributed by atoms with Crippen LogP contribution in [0.4, 0.5) is 0 Å². The number of benzene rings is 1. The van der Waals surface area contributed by atoms with Gasteiger partial charge in [0.25, 0.3) is 0 Å². The molecule has 1 aromatic carbocycles. The molecule has 1 amide bonds. The summed E-state index contributed by atoms with van der Waals surface area (Å²) in [4.78, 5) is 10.8. The molecule has 0 unspecified atom stereocenters. The molecule has 0 aliphatic carbocycles. The van der Waals surface area contributed by atoms with Crippen molar-refractivity contribution in [3.63, 3.8) is 0 Å². The van der Waals surface area contributed by atoms with E-state index >= 15 is 0 Å². The SMILES string of the molecule is COc1ccc(-c2nnc(SCC(N)=O)n2C)cc1. The van der Waals surface area contributed by atoms with Crippen LogP contribution in [-0.4, -0.2) is 33.5 Å². The van der Waals surface area contributed by atoms with Crippen molar-refractivity contribution >= 4 is 17.7 Å². The van der Waals surface area contributed by atoms with E-state index in [0.717, 1.165) is 17.1 Å². The van der Waals surface area contributed by atoms with Crippen molar-refractivity contribution in [2.24, 2.45) is 12.8 Å². The number of amides is 1. The monoisotopic (exact) mass is 278 g/mol. The quantitative estimate of drug-likeness (QED) is 0.827. The number of methoxy groups -OCH3 is 1. The standard InChI is InChI=1S/C12H14N4O2S/c1-16-11(8-3-5-9(18-2)6-4-8)14-15-12(16)19-7-10(13)17/h3-6H,7H2,1-2H3,(H2,13,17). The number of primary amides is 1. The minimum absolute atomic E-state index is 0.189. The first-order chi connectivity index (χ1) is 9.11. The van der Waals surface area contributed by atoms with Gasteiger partial charge in [0.2, 0.25) is 5.91 Å². The molecule has 7 heteroatoms. The fraction of sp³-hybridized carbons (Fsp3) is 0.250. The van der Waals surface area contributed by atoms with Gasteiger partial charge in [-0.1, -0.05) is 11.8 Å². The van der Waals surface area contributed by atoms with Crippen LogP contribution in [0, 0.1) is 0 Å². The van der Waals surface area contributed by atoms with Gasteiger partial charge in [-0.15, -0.1) is 10.2 Å². The summed E-state index contributed by atoms with van der Waals surface area (Å²) in [5.74, 6) is 1.33. The Bertz CT molecular complexity index is 580. The van der Waals surface area contributed by atoms with Gasteiger partial charge in [0, 0.05) is 12.6 Å². The Labute approximate surface area is 115 Å². The molecule has 1 heterocycles. The molecule has 6 nitrogen and oxygen atoms in total. The summed E-state index contributed by atoms with van der Waals surface area (Å²) in [6.45, 7) is 0. The molecule has 0 spiro atoms. The fourth-order valence-corrected chi connectivity index (χ4v) is 2.22. The molecule has 0 saturated carbocycles. The Kier molecular flexibility index (Phi) is 4.06. The molecule has 1 aromatic heterocycles. The largest absolute Gasteiger partial charge is 0.497 e. The molecule has 0 aliphatic heterocycles. The van der Waals surface area contributed by atoms with Crippen molar-refractivity contribution < 1.29 is 9.53 Å². The van der Waals surface area contributed by atoms with E-state index in [9.17, 15) is 4.79 Å². The maximum Gasteiger partial charge on any atom is 0.227 e. The molecule has 2 rings (SSSR count). The number of carbonyl (C=O) groups excluding carboxylic acids is 1. The number of hydrogen-bond acceptors (Lipinski definition) is 5. The van der Waals surface area contributed by atoms with Crippen LogP contribution in [0.3, 0.4) is 0 Å². The minimum atomic E-state index is -0.376. The molecule has 100 valence electrons. The number of aromatic nitrogens is 3. The number of ether oxygens (including phenoxy) is 1. The van der Waals surface area contributed by atoms with Crippen molar-refractivity contribution in [3.05, 3.63) is 24.3 Å². The highest BCUT2D eigenvalue weighted by Crippen LogP contribution is 2.24. The smallest absolute Gasteiger partial charge is 0.227 e. The van der Waals surface area contributed by atoms with Gasteiger partial charge < -0.3 is 15.0 Å². The molecule has 2 N–H and O–H groups in total. The summed E-state index contributed by atoms with van der Waals surface area (Å²) in [5, 5.41) is 8.82. The molecule has 0 aliphatic rings. The van der Waals surface area contributed by atoms with Crippen molar-refractivity contribution in [3.8, 4) is 17.1 Å². The number of nitrogens with two attached hydrogens (primary N) is 1. The summed E-state index contributed by atoms with van der Waals surface area (Å²) in [6.07, 6.45) is 0. The second-order valence-electron chi connectivity index (χ2n) is 3.85. The predicted molar refractivity (Wildman–Crippen MR) is 72.9 cm³/mol. The molecule has 2 aromatic rings. The van der Waals surface area contributed by atoms with E-state index in [2.05, 4.69) is 10.2 Å². The van der Waals surface area contributed by atoms with E-state index in [1.807, 2.05) is 35.9 Å². The van der Waals surface area contributed by atoms with Crippen LogP contribution in [-0.2, 0) is 11.8 Å². The van der Waals surface area contributed by atoms with Gasteiger partial charge in [-0.05, 0) is 24.3 Å². The predicted octanol–water partition coefficient (Wildman–Crippen LogP) is 1.07. The summed E-state index contributed by atoms with van der Waals surface area (Å²) in [6, 6.07) is 7.54. The van der Waals surface area contributed by atoms with Crippen molar-refractivity contribution in [1.29, 1.82) is 0 Å². The highest BCUT2D eigenvalue weighted by molar-refractivity contribution is 7.99. The first-order valence-corrected chi connectivity index (χ1v) is 6.55. The lowest BCUT2D eigenvalue weighted by atomic mass is 10.2. The first-order valence-electron chi connectivity index (χ1n) is 5.56. The van der Waals surface area contributed by atoms with Crippen molar-refractivity contribution in [2.75, 3.05) is 12.9 Å². The second kappa shape index (κ2) is 5.75. The van der Waals surface area contributed by atoms with Crippen LogP contribution < -0.4 is 10.5 Å². The molecule has 19 heavy (non-hydrogen) atoms. The van der Waals surface area contributed by atoms with E-state index in [1.165, 1.54) is 11.8 Å². The summed E-state index contributed by atoms with van der Waals surface area (Å²) >= 11 is 1.27. The number of nitrogens with zero attached hydrogens (tertiary/aromatic N) is 3. The summed E-state index contributed by atoms with van der Waals surface area (Å²) < 4.78 is 6.94. The second-order valence-corrected chi connectivity index (χ2v) is 4.79. The van der Waals surface area contributed by atoms with Gasteiger partial charge in [-0.25, -0.2) is 0 Å². The zero-order valence-corrected chi connectivity index (χ0v) is 11.5. The summed E-state index contributed by atoms with van der Waals surface area (Å²) in [5.41, 5.74) is 6.04. The highest BCUT2D eigenvalue weighted by Gasteiger charge is 2.11. The molecule has 0 saturated heterocycles. The maximum atomic E-state index is 10.8. The van der Waals surface area contributed by atoms with E-state index in [-0.39, 0.29) is 11.7 Å². The first kappa shape index (κ1) is 13.4. The van der Waals surface area contributed by atoms with E-state index in [1.54, 1.807) is 7.11 Å². The van der Waals surface area contributed by atoms with Crippen molar-refractivity contribution in [1.82, 2.24) is 14.8 Å². The average Bonchev–Trinajstić information content (AvgIpc) is 2.78. The van der Waals surface area contributed by atoms with Gasteiger partial charge in [0.05, 0.1) is 12.9 Å². The third-order valence-corrected chi connectivity index (χ3v) is 3.57. The van der Waals surface area contributed by atoms with E-state index < -0.39 is 0 Å². The Morgan fingerprint density at radius 2 is 2.05 bits per heavy atom. The fourth-order valence-electron chi connectivity index (χ4n) is 1.57. The lowest BCUT2D eigenvalue weighted by Crippen LogP contribution is -2.13. The normalized spacial score (nSPS) is 10.4.